The Morgan fingerprint density at radius 1 is 0.585 bits per heavy atom. The second kappa shape index (κ2) is 35.9. The van der Waals surface area contributed by atoms with E-state index in [2.05, 4.69) is 50.3 Å². The van der Waals surface area contributed by atoms with E-state index in [9.17, 15) is 19.0 Å². The number of phosphoric ester groups is 1. The van der Waals surface area contributed by atoms with Crippen LogP contribution in [0.25, 0.3) is 0 Å². The summed E-state index contributed by atoms with van der Waals surface area (Å²) in [7, 11) is 1.46. The van der Waals surface area contributed by atoms with Crippen LogP contribution in [-0.4, -0.2) is 74.9 Å². The first-order chi connectivity index (χ1) is 25.5. The highest BCUT2D eigenvalue weighted by Crippen LogP contribution is 2.43. The summed E-state index contributed by atoms with van der Waals surface area (Å²) in [5, 5.41) is 0. The molecule has 310 valence electrons. The molecule has 0 saturated carbocycles. The quantitative estimate of drug-likeness (QED) is 0.0217. The van der Waals surface area contributed by atoms with Crippen molar-refractivity contribution in [1.29, 1.82) is 0 Å². The maximum Gasteiger partial charge on any atom is 0.472 e. The third kappa shape index (κ3) is 39.7. The Morgan fingerprint density at radius 3 is 1.55 bits per heavy atom. The van der Waals surface area contributed by atoms with Gasteiger partial charge >= 0.3 is 19.8 Å². The fourth-order valence-corrected chi connectivity index (χ4v) is 6.25. The van der Waals surface area contributed by atoms with Gasteiger partial charge in [0.05, 0.1) is 27.7 Å². The molecule has 0 spiro atoms. The number of hydrogen-bond donors (Lipinski definition) is 1. The maximum atomic E-state index is 12.7. The van der Waals surface area contributed by atoms with Crippen molar-refractivity contribution < 1.29 is 42.1 Å². The summed E-state index contributed by atoms with van der Waals surface area (Å²) in [5.41, 5.74) is 0. The topological polar surface area (TPSA) is 108 Å². The van der Waals surface area contributed by atoms with Crippen LogP contribution in [0.3, 0.4) is 0 Å². The van der Waals surface area contributed by atoms with Gasteiger partial charge < -0.3 is 18.9 Å². The number of likely N-dealkylation sites (N-methyl/N-ethyl adjacent to an activating group) is 1. The molecular weight excluding hydrogens is 689 g/mol. The molecule has 1 N–H and O–H groups in total. The molecule has 2 atom stereocenters. The van der Waals surface area contributed by atoms with E-state index < -0.39 is 26.5 Å². The minimum absolute atomic E-state index is 0.0272. The van der Waals surface area contributed by atoms with Crippen LogP contribution in [-0.2, 0) is 32.7 Å². The number of carbonyl (C=O) groups excluding carboxylic acids is 2. The van der Waals surface area contributed by atoms with Gasteiger partial charge in [0.25, 0.3) is 0 Å². The summed E-state index contributed by atoms with van der Waals surface area (Å²) in [6.07, 6.45) is 39.0. The molecule has 0 aromatic rings. The fraction of sp³-hybridized carbons (Fsp3) is 0.814. The van der Waals surface area contributed by atoms with Crippen molar-refractivity contribution in [2.45, 2.75) is 180 Å². The van der Waals surface area contributed by atoms with Crippen molar-refractivity contribution >= 4 is 19.8 Å². The summed E-state index contributed by atoms with van der Waals surface area (Å²) in [4.78, 5) is 35.3. The molecule has 10 heteroatoms. The summed E-state index contributed by atoms with van der Waals surface area (Å²) in [5.74, 6) is -0.825. The molecule has 9 nitrogen and oxygen atoms in total. The zero-order chi connectivity index (χ0) is 39.3. The molecule has 0 radical (unpaired) electrons. The summed E-state index contributed by atoms with van der Waals surface area (Å²) < 4.78 is 34.2. The first-order valence-corrected chi connectivity index (χ1v) is 22.7. The monoisotopic (exact) mass is 771 g/mol. The Bertz CT molecular complexity index is 1010. The van der Waals surface area contributed by atoms with Crippen LogP contribution in [0.5, 0.6) is 0 Å². The van der Waals surface area contributed by atoms with Crippen LogP contribution in [0.1, 0.15) is 174 Å². The predicted molar refractivity (Wildman–Crippen MR) is 220 cm³/mol. The van der Waals surface area contributed by atoms with Gasteiger partial charge in [0.1, 0.15) is 19.8 Å². The standard InChI is InChI=1S/C43H80NO8P/c1-6-8-10-12-14-16-18-20-22-24-26-28-30-32-34-36-43(46)52-41(40-51-53(47,48)50-38-37-44(3,4)5)39-49-42(45)35-33-31-29-27-25-23-21-19-17-15-13-11-9-7-2/h14,16,19-22,41H,6-13,15,17-18,23-40H2,1-5H3/p+1/b16-14-,21-19-,22-20-. The summed E-state index contributed by atoms with van der Waals surface area (Å²) >= 11 is 0. The minimum atomic E-state index is -4.38. The van der Waals surface area contributed by atoms with Gasteiger partial charge in [0.15, 0.2) is 6.10 Å². The smallest absolute Gasteiger partial charge is 0.462 e. The second-order valence-electron chi connectivity index (χ2n) is 15.4. The summed E-state index contributed by atoms with van der Waals surface area (Å²) in [6.45, 7) is 4.35. The predicted octanol–water partition coefficient (Wildman–Crippen LogP) is 11.7. The molecule has 0 amide bonds. The van der Waals surface area contributed by atoms with Crippen molar-refractivity contribution in [3.8, 4) is 0 Å². The highest BCUT2D eigenvalue weighted by molar-refractivity contribution is 7.47. The van der Waals surface area contributed by atoms with E-state index in [1.54, 1.807) is 0 Å². The van der Waals surface area contributed by atoms with Gasteiger partial charge in [0, 0.05) is 12.8 Å². The minimum Gasteiger partial charge on any atom is -0.462 e. The molecule has 0 bridgehead atoms. The molecule has 0 heterocycles. The average molecular weight is 771 g/mol. The van der Waals surface area contributed by atoms with E-state index in [0.29, 0.717) is 17.4 Å². The lowest BCUT2D eigenvalue weighted by Gasteiger charge is -2.24. The molecule has 0 saturated heterocycles. The largest absolute Gasteiger partial charge is 0.472 e. The normalized spacial score (nSPS) is 14.0. The van der Waals surface area contributed by atoms with Gasteiger partial charge in [-0.1, -0.05) is 127 Å². The Kier molecular flexibility index (Phi) is 34.7. The first kappa shape index (κ1) is 51.2. The number of unbranched alkanes of at least 4 members (excludes halogenated alkanes) is 18. The number of rotatable bonds is 38. The zero-order valence-electron chi connectivity index (χ0n) is 34.7. The number of carbonyl (C=O) groups is 2. The molecule has 0 fully saturated rings. The Morgan fingerprint density at radius 2 is 1.02 bits per heavy atom. The molecule has 0 rings (SSSR count). The van der Waals surface area contributed by atoms with Crippen LogP contribution in [0.15, 0.2) is 36.5 Å². The lowest BCUT2D eigenvalue weighted by molar-refractivity contribution is -0.870. The van der Waals surface area contributed by atoms with Crippen molar-refractivity contribution in [2.24, 2.45) is 0 Å². The number of ether oxygens (including phenoxy) is 2. The first-order valence-electron chi connectivity index (χ1n) is 21.2. The van der Waals surface area contributed by atoms with E-state index in [1.807, 2.05) is 21.1 Å². The number of nitrogens with zero attached hydrogens (tertiary/aromatic N) is 1. The molecule has 0 aromatic carbocycles. The third-order valence-electron chi connectivity index (χ3n) is 8.89. The zero-order valence-corrected chi connectivity index (χ0v) is 35.6. The van der Waals surface area contributed by atoms with Crippen LogP contribution in [0.4, 0.5) is 0 Å². The van der Waals surface area contributed by atoms with Crippen LogP contribution in [0, 0.1) is 0 Å². The number of phosphoric acid groups is 1. The maximum absolute atomic E-state index is 12.7. The lowest BCUT2D eigenvalue weighted by atomic mass is 10.1. The van der Waals surface area contributed by atoms with Gasteiger partial charge in [-0.2, -0.15) is 0 Å². The summed E-state index contributed by atoms with van der Waals surface area (Å²) in [6, 6.07) is 0. The molecule has 0 aliphatic rings. The van der Waals surface area contributed by atoms with Crippen LogP contribution < -0.4 is 0 Å². The van der Waals surface area contributed by atoms with E-state index in [-0.39, 0.29) is 32.0 Å². The van der Waals surface area contributed by atoms with Gasteiger partial charge in [-0.3, -0.25) is 18.6 Å². The molecule has 2 unspecified atom stereocenters. The van der Waals surface area contributed by atoms with Crippen molar-refractivity contribution in [3.05, 3.63) is 36.5 Å². The Labute approximate surface area is 325 Å². The number of esters is 2. The van der Waals surface area contributed by atoms with Crippen molar-refractivity contribution in [2.75, 3.05) is 47.5 Å². The molecular formula is C43H81NO8P+. The molecule has 0 aromatic heterocycles. The number of hydrogen-bond acceptors (Lipinski definition) is 7. The van der Waals surface area contributed by atoms with Crippen molar-refractivity contribution in [1.82, 2.24) is 0 Å². The Hall–Kier alpha value is -1.77. The van der Waals surface area contributed by atoms with E-state index in [4.69, 9.17) is 18.5 Å². The highest BCUT2D eigenvalue weighted by atomic mass is 31.2. The number of allylic oxidation sites excluding steroid dienone is 6. The van der Waals surface area contributed by atoms with E-state index in [0.717, 1.165) is 77.0 Å². The SMILES string of the molecule is CCCCC/C=C\C/C=C\CCCCCCCC(=O)OC(COC(=O)CCCCCCC/C=C\CCCCCCC)COP(=O)(O)OCC[N+](C)(C)C. The van der Waals surface area contributed by atoms with Gasteiger partial charge in [0.2, 0.25) is 0 Å². The molecule has 53 heavy (non-hydrogen) atoms. The Balaban J connectivity index is 4.43. The number of quaternary nitrogens is 1. The highest BCUT2D eigenvalue weighted by Gasteiger charge is 2.27. The van der Waals surface area contributed by atoms with Crippen molar-refractivity contribution in [3.63, 3.8) is 0 Å². The fourth-order valence-electron chi connectivity index (χ4n) is 5.51. The molecule has 0 aliphatic heterocycles. The van der Waals surface area contributed by atoms with E-state index >= 15 is 0 Å². The second-order valence-corrected chi connectivity index (χ2v) is 16.8. The lowest BCUT2D eigenvalue weighted by Crippen LogP contribution is -2.37. The van der Waals surface area contributed by atoms with Crippen LogP contribution >= 0.6 is 7.82 Å². The van der Waals surface area contributed by atoms with Crippen LogP contribution in [0.2, 0.25) is 0 Å². The van der Waals surface area contributed by atoms with E-state index in [1.165, 1.54) is 64.2 Å². The third-order valence-corrected chi connectivity index (χ3v) is 9.88. The van der Waals surface area contributed by atoms with Gasteiger partial charge in [-0.25, -0.2) is 4.57 Å². The van der Waals surface area contributed by atoms with Gasteiger partial charge in [-0.15, -0.1) is 0 Å². The van der Waals surface area contributed by atoms with Gasteiger partial charge in [-0.05, 0) is 70.6 Å². The average Bonchev–Trinajstić information content (AvgIpc) is 3.10. The molecule has 0 aliphatic carbocycles.